The van der Waals surface area contributed by atoms with Gasteiger partial charge in [-0.15, -0.1) is 0 Å². The highest BCUT2D eigenvalue weighted by molar-refractivity contribution is 6.05. The Hall–Kier alpha value is -3.63. The number of aromatic nitrogens is 3. The number of para-hydroxylation sites is 1. The summed E-state index contributed by atoms with van der Waals surface area (Å²) >= 11 is 0. The number of nitrogens with one attached hydrogen (secondary N) is 1. The molecule has 2 aromatic heterocycles. The number of nitrogens with zero attached hydrogens (tertiary/aromatic N) is 5. The third-order valence-electron chi connectivity index (χ3n) is 9.76. The highest BCUT2D eigenvalue weighted by Gasteiger charge is 2.47. The summed E-state index contributed by atoms with van der Waals surface area (Å²) in [6, 6.07) is 10.4. The van der Waals surface area contributed by atoms with Gasteiger partial charge in [0.2, 0.25) is 0 Å². The number of carbonyl (C=O) groups excluding carboxylic acids is 1. The monoisotopic (exact) mass is 559 g/mol. The summed E-state index contributed by atoms with van der Waals surface area (Å²) in [4.78, 5) is 23.0. The molecule has 7 rings (SSSR count). The molecule has 1 saturated heterocycles. The zero-order chi connectivity index (χ0) is 28.6. The SMILES string of the molecule is CCC1CN(CCCO)c2cccc3cc(-c4nc5cc(C(=O)N6C[C@H]7CC[C@@H]6[C@@H]7N)c(NC)c(F)c5n4C)n1c23. The molecule has 9 nitrogen and oxygen atoms in total. The second-order valence-electron chi connectivity index (χ2n) is 11.9. The number of hydrogen-bond donors (Lipinski definition) is 3. The lowest BCUT2D eigenvalue weighted by molar-refractivity contribution is 0.0701. The van der Waals surface area contributed by atoms with Crippen LogP contribution in [0.4, 0.5) is 15.8 Å². The van der Waals surface area contributed by atoms with E-state index in [4.69, 9.17) is 10.7 Å². The van der Waals surface area contributed by atoms with Crippen LogP contribution in [0.2, 0.25) is 0 Å². The number of aryl methyl sites for hydroxylation is 1. The Kier molecular flexibility index (Phi) is 6.24. The number of carbonyl (C=O) groups is 1. The van der Waals surface area contributed by atoms with Crippen LogP contribution in [-0.4, -0.2) is 75.4 Å². The van der Waals surface area contributed by atoms with Crippen molar-refractivity contribution in [2.24, 2.45) is 18.7 Å². The van der Waals surface area contributed by atoms with Crippen LogP contribution in [0.15, 0.2) is 30.3 Å². The van der Waals surface area contributed by atoms with Crippen LogP contribution in [0.1, 0.15) is 49.0 Å². The first-order valence-corrected chi connectivity index (χ1v) is 14.8. The number of rotatable bonds is 7. The van der Waals surface area contributed by atoms with Crippen LogP contribution in [0, 0.1) is 11.7 Å². The van der Waals surface area contributed by atoms with Gasteiger partial charge in [0.25, 0.3) is 5.91 Å². The summed E-state index contributed by atoms with van der Waals surface area (Å²) in [6.45, 7) is 4.58. The van der Waals surface area contributed by atoms with E-state index in [-0.39, 0.29) is 36.3 Å². The zero-order valence-corrected chi connectivity index (χ0v) is 23.9. The molecule has 4 aromatic rings. The third-order valence-corrected chi connectivity index (χ3v) is 9.76. The number of benzene rings is 2. The Morgan fingerprint density at radius 2 is 2.05 bits per heavy atom. The fourth-order valence-corrected chi connectivity index (χ4v) is 7.70. The van der Waals surface area contributed by atoms with Gasteiger partial charge in [0, 0.05) is 57.8 Å². The summed E-state index contributed by atoms with van der Waals surface area (Å²) in [5.41, 5.74) is 10.9. The minimum atomic E-state index is -0.471. The maximum Gasteiger partial charge on any atom is 0.256 e. The van der Waals surface area contributed by atoms with E-state index in [1.54, 1.807) is 13.1 Å². The molecule has 216 valence electrons. The zero-order valence-electron chi connectivity index (χ0n) is 23.9. The smallest absolute Gasteiger partial charge is 0.256 e. The summed E-state index contributed by atoms with van der Waals surface area (Å²) < 4.78 is 20.4. The molecule has 1 saturated carbocycles. The van der Waals surface area contributed by atoms with Gasteiger partial charge in [-0.3, -0.25) is 4.79 Å². The molecule has 1 aliphatic carbocycles. The first-order valence-electron chi connectivity index (χ1n) is 14.8. The molecular formula is C31H38FN7O2. The molecule has 3 aliphatic rings. The van der Waals surface area contributed by atoms with Gasteiger partial charge in [-0.1, -0.05) is 19.1 Å². The molecule has 4 N–H and O–H groups in total. The Morgan fingerprint density at radius 1 is 1.22 bits per heavy atom. The number of anilines is 2. The van der Waals surface area contributed by atoms with Crippen molar-refractivity contribution >= 4 is 39.2 Å². The number of halogens is 1. The minimum Gasteiger partial charge on any atom is -0.396 e. The molecule has 4 atom stereocenters. The molecule has 2 fully saturated rings. The van der Waals surface area contributed by atoms with Crippen LogP contribution in [-0.2, 0) is 7.05 Å². The van der Waals surface area contributed by atoms with E-state index >= 15 is 4.39 Å². The second-order valence-corrected chi connectivity index (χ2v) is 11.9. The number of likely N-dealkylation sites (tertiary alicyclic amines) is 1. The number of aliphatic hydroxyl groups is 1. The summed E-state index contributed by atoms with van der Waals surface area (Å²) in [7, 11) is 3.50. The van der Waals surface area contributed by atoms with Crippen LogP contribution >= 0.6 is 0 Å². The maximum absolute atomic E-state index is 16.3. The van der Waals surface area contributed by atoms with Crippen molar-refractivity contribution in [3.63, 3.8) is 0 Å². The average molecular weight is 560 g/mol. The molecule has 2 aromatic carbocycles. The van der Waals surface area contributed by atoms with Crippen LogP contribution in [0.3, 0.4) is 0 Å². The first kappa shape index (κ1) is 26.3. The van der Waals surface area contributed by atoms with Crippen LogP contribution in [0.25, 0.3) is 33.5 Å². The van der Waals surface area contributed by atoms with Gasteiger partial charge in [-0.2, -0.15) is 0 Å². The van der Waals surface area contributed by atoms with Crippen molar-refractivity contribution in [2.45, 2.75) is 50.7 Å². The van der Waals surface area contributed by atoms with E-state index in [9.17, 15) is 9.90 Å². The van der Waals surface area contributed by atoms with Crippen molar-refractivity contribution in [3.05, 3.63) is 41.7 Å². The number of fused-ring (bicyclic) bond motifs is 3. The lowest BCUT2D eigenvalue weighted by Gasteiger charge is -2.36. The van der Waals surface area contributed by atoms with Gasteiger partial charge in [0.1, 0.15) is 5.52 Å². The predicted octanol–water partition coefficient (Wildman–Crippen LogP) is 4.09. The van der Waals surface area contributed by atoms with Gasteiger partial charge in [0.15, 0.2) is 11.6 Å². The molecule has 2 bridgehead atoms. The number of nitrogens with two attached hydrogens (primary N) is 1. The van der Waals surface area contributed by atoms with Crippen molar-refractivity contribution in [1.29, 1.82) is 0 Å². The van der Waals surface area contributed by atoms with Gasteiger partial charge in [-0.05, 0) is 49.8 Å². The van der Waals surface area contributed by atoms with Gasteiger partial charge in [-0.25, -0.2) is 9.37 Å². The Morgan fingerprint density at radius 3 is 2.73 bits per heavy atom. The lowest BCUT2D eigenvalue weighted by Crippen LogP contribution is -2.41. The lowest BCUT2D eigenvalue weighted by atomic mass is 10.1. The molecule has 1 amide bonds. The van der Waals surface area contributed by atoms with Gasteiger partial charge >= 0.3 is 0 Å². The van der Waals surface area contributed by atoms with Gasteiger partial charge in [0.05, 0.1) is 39.7 Å². The Balaban J connectivity index is 1.38. The molecule has 0 radical (unpaired) electrons. The topological polar surface area (TPSA) is 105 Å². The standard InChI is InChI=1S/C31H38FN7O2/c1-4-19-16-37(11-6-12-40)23-8-5-7-17-13-24(39(19)28(17)23)30-35-21-14-20(27(34-2)25(32)29(21)36(30)3)31(41)38-15-18-9-10-22(38)26(18)33/h5,7-8,13-14,18-19,22,26,34,40H,4,6,9-12,15-16,33H2,1-3H3/t18-,19?,22-,26-/m1/s1. The van der Waals surface area contributed by atoms with Gasteiger partial charge < -0.3 is 35.1 Å². The van der Waals surface area contributed by atoms with E-state index in [2.05, 4.69) is 46.0 Å². The second kappa shape index (κ2) is 9.73. The molecule has 0 spiro atoms. The quantitative estimate of drug-likeness (QED) is 0.315. The highest BCUT2D eigenvalue weighted by Crippen LogP contribution is 2.43. The molecular weight excluding hydrogens is 521 g/mol. The molecule has 2 aliphatic heterocycles. The molecule has 41 heavy (non-hydrogen) atoms. The largest absolute Gasteiger partial charge is 0.396 e. The predicted molar refractivity (Wildman–Crippen MR) is 160 cm³/mol. The van der Waals surface area contributed by atoms with E-state index in [1.165, 1.54) is 0 Å². The summed E-state index contributed by atoms with van der Waals surface area (Å²) in [5.74, 6) is 0.318. The maximum atomic E-state index is 16.3. The van der Waals surface area contributed by atoms with E-state index in [0.29, 0.717) is 41.3 Å². The van der Waals surface area contributed by atoms with Crippen LogP contribution < -0.4 is 16.0 Å². The normalized spacial score (nSPS) is 23.4. The van der Waals surface area contributed by atoms with Crippen molar-refractivity contribution in [1.82, 2.24) is 19.0 Å². The average Bonchev–Trinajstić information content (AvgIpc) is 3.72. The molecule has 10 heteroatoms. The van der Waals surface area contributed by atoms with Crippen molar-refractivity contribution in [2.75, 3.05) is 43.5 Å². The number of aliphatic hydroxyl groups excluding tert-OH is 1. The van der Waals surface area contributed by atoms with Crippen LogP contribution in [0.5, 0.6) is 0 Å². The minimum absolute atomic E-state index is 0.00799. The number of piperidine rings is 1. The van der Waals surface area contributed by atoms with E-state index < -0.39 is 5.82 Å². The summed E-state index contributed by atoms with van der Waals surface area (Å²) in [6.07, 6.45) is 3.57. The van der Waals surface area contributed by atoms with Crippen molar-refractivity contribution < 1.29 is 14.3 Å². The number of imidazole rings is 1. The fourth-order valence-electron chi connectivity index (χ4n) is 7.70. The Labute approximate surface area is 238 Å². The Bertz CT molecular complexity index is 1680. The molecule has 4 heterocycles. The first-order chi connectivity index (χ1) is 19.9. The van der Waals surface area contributed by atoms with E-state index in [1.807, 2.05) is 16.5 Å². The fraction of sp³-hybridized carbons (Fsp3) is 0.484. The summed E-state index contributed by atoms with van der Waals surface area (Å²) in [5, 5.41) is 13.5. The van der Waals surface area contributed by atoms with Crippen molar-refractivity contribution in [3.8, 4) is 11.5 Å². The molecule has 1 unspecified atom stereocenters. The number of hydrogen-bond acceptors (Lipinski definition) is 6. The number of amides is 1. The third kappa shape index (κ3) is 3.73. The van der Waals surface area contributed by atoms with E-state index in [0.717, 1.165) is 54.6 Å². The highest BCUT2D eigenvalue weighted by atomic mass is 19.1.